The summed E-state index contributed by atoms with van der Waals surface area (Å²) < 4.78 is 0. The molecule has 0 N–H and O–H groups in total. The van der Waals surface area contributed by atoms with E-state index < -0.39 is 12.6 Å². The van der Waals surface area contributed by atoms with Gasteiger partial charge in [-0.05, 0) is 0 Å². The molecule has 0 aliphatic rings. The molecular weight excluding hydrogens is 518 g/mol. The molecule has 0 saturated heterocycles. The van der Waals surface area contributed by atoms with Crippen molar-refractivity contribution in [2.75, 3.05) is 25.2 Å². The van der Waals surface area contributed by atoms with Gasteiger partial charge in [0.25, 0.3) is 0 Å². The van der Waals surface area contributed by atoms with E-state index in [-0.39, 0.29) is 0 Å². The van der Waals surface area contributed by atoms with Crippen LogP contribution in [0.4, 0.5) is 0 Å². The Hall–Kier alpha value is -2.26. The van der Waals surface area contributed by atoms with Crippen LogP contribution in [0.25, 0.3) is 0 Å². The van der Waals surface area contributed by atoms with Gasteiger partial charge in [0.1, 0.15) is 0 Å². The molecule has 4 aromatic carbocycles. The van der Waals surface area contributed by atoms with Gasteiger partial charge in [0.2, 0.25) is 0 Å². The maximum absolute atomic E-state index is 3.23. The van der Waals surface area contributed by atoms with Crippen LogP contribution in [0, 0.1) is 17.8 Å². The number of benzene rings is 4. The van der Waals surface area contributed by atoms with Crippen molar-refractivity contribution in [1.29, 1.82) is 0 Å². The molecule has 214 valence electrons. The van der Waals surface area contributed by atoms with Crippen molar-refractivity contribution in [1.82, 2.24) is 0 Å². The normalized spacial score (nSPS) is 14.6. The monoisotopic (exact) mass is 570 g/mol. The van der Waals surface area contributed by atoms with Crippen molar-refractivity contribution in [2.24, 2.45) is 17.8 Å². The van der Waals surface area contributed by atoms with Gasteiger partial charge in [-0.1, -0.05) is 0 Å². The van der Waals surface area contributed by atoms with E-state index in [1.807, 2.05) is 0 Å². The van der Waals surface area contributed by atoms with E-state index >= 15 is 0 Å². The van der Waals surface area contributed by atoms with Crippen LogP contribution in [0.1, 0.15) is 47.1 Å². The second-order valence-corrected chi connectivity index (χ2v) is 30.2. The van der Waals surface area contributed by atoms with E-state index in [9.17, 15) is 0 Å². The Morgan fingerprint density at radius 2 is 0.700 bits per heavy atom. The molecule has 4 aromatic rings. The third-order valence-corrected chi connectivity index (χ3v) is 34.8. The molecule has 0 unspecified atom stereocenters. The summed E-state index contributed by atoms with van der Waals surface area (Å²) in [5, 5.41) is 4.74. The Balaban J connectivity index is 2.44. The molecule has 0 atom stereocenters. The third-order valence-electron chi connectivity index (χ3n) is 9.31. The third kappa shape index (κ3) is 4.91. The summed E-state index contributed by atoms with van der Waals surface area (Å²) in [5.74, 6) is 1.82. The number of hydrogen-bond acceptors (Lipinski definition) is 0. The van der Waals surface area contributed by atoms with Gasteiger partial charge in [-0.15, -0.1) is 0 Å². The van der Waals surface area contributed by atoms with E-state index in [0.29, 0.717) is 17.8 Å². The molecule has 0 fully saturated rings. The fourth-order valence-electron chi connectivity index (χ4n) is 9.11. The summed E-state index contributed by atoms with van der Waals surface area (Å²) in [6.07, 6.45) is -0.997. The summed E-state index contributed by atoms with van der Waals surface area (Å²) >= 11 is 0. The second-order valence-electron chi connectivity index (χ2n) is 13.9. The van der Waals surface area contributed by atoms with Crippen LogP contribution in [0.3, 0.4) is 0 Å². The maximum atomic E-state index is 2.89. The summed E-state index contributed by atoms with van der Waals surface area (Å²) in [6.45, 7) is 17.8. The quantitative estimate of drug-likeness (QED) is 0.149. The van der Waals surface area contributed by atoms with E-state index in [1.54, 1.807) is 15.9 Å². The van der Waals surface area contributed by atoms with E-state index in [0.717, 1.165) is 6.16 Å². The Bertz CT molecular complexity index is 1210. The molecule has 4 rings (SSSR count). The first kappa shape index (κ1) is 30.7. The van der Waals surface area contributed by atoms with Crippen molar-refractivity contribution in [3.8, 4) is 0 Å². The van der Waals surface area contributed by atoms with Crippen LogP contribution in [-0.2, 0) is 6.16 Å². The minimum atomic E-state index is -3.23. The first-order valence-corrected chi connectivity index (χ1v) is 21.6. The van der Waals surface area contributed by atoms with Crippen LogP contribution in [-0.4, -0.2) is 25.2 Å². The van der Waals surface area contributed by atoms with Crippen molar-refractivity contribution >= 4 is 28.5 Å². The Morgan fingerprint density at radius 3 is 0.975 bits per heavy atom. The fourth-order valence-corrected chi connectivity index (χ4v) is 40.0. The molecule has 0 aromatic heterocycles. The van der Waals surface area contributed by atoms with Gasteiger partial charge in [0, 0.05) is 0 Å². The van der Waals surface area contributed by atoms with E-state index in [2.05, 4.69) is 170 Å². The van der Waals surface area contributed by atoms with Gasteiger partial charge in [-0.3, -0.25) is 0 Å². The molecule has 0 aliphatic heterocycles. The number of hydrogen-bond donors (Lipinski definition) is 0. The minimum absolute atomic E-state index is 0.605. The van der Waals surface area contributed by atoms with Crippen molar-refractivity contribution in [3.63, 3.8) is 0 Å². The first-order chi connectivity index (χ1) is 19.0. The zero-order valence-electron chi connectivity index (χ0n) is 26.0. The van der Waals surface area contributed by atoms with E-state index in [4.69, 9.17) is 0 Å². The molecular formula is C38H52P2. The SMILES string of the molecule is CC(C)CP(C)(CC(C)C)(CC(C)C)P(Cc1ccccc1)(c1ccccc1)(c1ccccc1)c1ccccc1. The molecule has 0 aliphatic carbocycles. The zero-order valence-corrected chi connectivity index (χ0v) is 27.8. The average Bonchev–Trinajstić information content (AvgIpc) is 2.92. The van der Waals surface area contributed by atoms with Crippen molar-refractivity contribution in [3.05, 3.63) is 127 Å². The Labute approximate surface area is 245 Å². The fraction of sp³-hybridized carbons (Fsp3) is 0.368. The number of rotatable bonds is 12. The van der Waals surface area contributed by atoms with Crippen LogP contribution in [0.2, 0.25) is 0 Å². The molecule has 0 nitrogen and oxygen atoms in total. The standard InChI is InChI=1S/C38H52P2/c1-32(2)28-39(7,29-33(3)4,30-34(5)6)40(36-22-14-9-15-23-36,37-24-16-10-17-25-37,38-26-18-11-19-27-38)31-35-20-12-8-13-21-35/h8-27,32-34H,28-31H2,1-7H3. The summed E-state index contributed by atoms with van der Waals surface area (Å²) in [4.78, 5) is 0. The van der Waals surface area contributed by atoms with Crippen LogP contribution < -0.4 is 15.9 Å². The summed E-state index contributed by atoms with van der Waals surface area (Å²) in [6, 6.07) is 47.1. The molecule has 2 heteroatoms. The van der Waals surface area contributed by atoms with Crippen molar-refractivity contribution in [2.45, 2.75) is 47.7 Å². The zero-order chi connectivity index (χ0) is 28.9. The average molecular weight is 571 g/mol. The molecule has 0 radical (unpaired) electrons. The molecule has 0 bridgehead atoms. The van der Waals surface area contributed by atoms with Gasteiger partial charge in [-0.2, -0.15) is 0 Å². The molecule has 0 amide bonds. The predicted octanol–water partition coefficient (Wildman–Crippen LogP) is 9.78. The predicted molar refractivity (Wildman–Crippen MR) is 187 cm³/mol. The molecule has 0 spiro atoms. The summed E-state index contributed by atoms with van der Waals surface area (Å²) in [7, 11) is 0. The van der Waals surface area contributed by atoms with Crippen LogP contribution >= 0.6 is 12.6 Å². The Morgan fingerprint density at radius 1 is 0.425 bits per heavy atom. The van der Waals surface area contributed by atoms with Crippen LogP contribution in [0.5, 0.6) is 0 Å². The van der Waals surface area contributed by atoms with Gasteiger partial charge < -0.3 is 0 Å². The molecule has 0 saturated carbocycles. The molecule has 0 heterocycles. The van der Waals surface area contributed by atoms with Gasteiger partial charge in [-0.25, -0.2) is 0 Å². The van der Waals surface area contributed by atoms with Gasteiger partial charge >= 0.3 is 246 Å². The van der Waals surface area contributed by atoms with E-state index in [1.165, 1.54) is 24.0 Å². The Kier molecular flexibility index (Phi) is 9.15. The molecule has 40 heavy (non-hydrogen) atoms. The van der Waals surface area contributed by atoms with Gasteiger partial charge in [0.05, 0.1) is 0 Å². The summed E-state index contributed by atoms with van der Waals surface area (Å²) in [5.41, 5.74) is 1.46. The second kappa shape index (κ2) is 11.9. The van der Waals surface area contributed by atoms with Gasteiger partial charge in [0.15, 0.2) is 0 Å². The van der Waals surface area contributed by atoms with Crippen LogP contribution in [0.15, 0.2) is 121 Å². The first-order valence-electron chi connectivity index (χ1n) is 15.3. The topological polar surface area (TPSA) is 0 Å². The van der Waals surface area contributed by atoms with Crippen molar-refractivity contribution < 1.29 is 0 Å².